The first kappa shape index (κ1) is 21.8. The van der Waals surface area contributed by atoms with Crippen LogP contribution in [0.5, 0.6) is 0 Å². The number of carbonyl (C=O) groups is 2. The fourth-order valence-electron chi connectivity index (χ4n) is 3.58. The highest BCUT2D eigenvalue weighted by Crippen LogP contribution is 2.35. The number of benzene rings is 3. The van der Waals surface area contributed by atoms with E-state index in [9.17, 15) is 14.0 Å². The minimum Gasteiger partial charge on any atom is -0.350 e. The molecule has 4 rings (SSSR count). The Balaban J connectivity index is 1.78. The molecule has 0 unspecified atom stereocenters. The zero-order valence-electron chi connectivity index (χ0n) is 17.9. The minimum absolute atomic E-state index is 0.0143. The van der Waals surface area contributed by atoms with Gasteiger partial charge in [-0.15, -0.1) is 0 Å². The summed E-state index contributed by atoms with van der Waals surface area (Å²) in [6, 6.07) is 19.7. The largest absolute Gasteiger partial charge is 0.350 e. The van der Waals surface area contributed by atoms with Gasteiger partial charge < -0.3 is 5.32 Å². The molecule has 3 aromatic carbocycles. The average Bonchev–Trinajstić information content (AvgIpc) is 2.98. The molecule has 0 spiro atoms. The number of hydrogen-bond acceptors (Lipinski definition) is 3. The lowest BCUT2D eigenvalue weighted by Gasteiger charge is -2.19. The molecule has 6 heteroatoms. The van der Waals surface area contributed by atoms with Crippen LogP contribution in [-0.2, 0) is 15.0 Å². The minimum atomic E-state index is -0.503. The highest BCUT2D eigenvalue weighted by molar-refractivity contribution is 6.46. The van der Waals surface area contributed by atoms with Crippen molar-refractivity contribution in [3.63, 3.8) is 0 Å². The van der Waals surface area contributed by atoms with E-state index >= 15 is 0 Å². The maximum Gasteiger partial charge on any atom is 0.282 e. The standard InChI is InChI=1S/C26H22ClFN2O2/c1-26(2,3)17-9-13-20(14-10-17)29-23-22(16-7-11-19(28)12-8-16)24(31)30(25(23)32)21-6-4-5-18(27)15-21/h4-15,29H,1-3H3. The summed E-state index contributed by atoms with van der Waals surface area (Å²) in [5.74, 6) is -1.43. The number of halogens is 2. The Kier molecular flexibility index (Phi) is 5.61. The number of rotatable bonds is 4. The van der Waals surface area contributed by atoms with Crippen molar-refractivity contribution in [2.24, 2.45) is 0 Å². The fraction of sp³-hybridized carbons (Fsp3) is 0.154. The van der Waals surface area contributed by atoms with Gasteiger partial charge in [-0.3, -0.25) is 9.59 Å². The number of anilines is 2. The van der Waals surface area contributed by atoms with Crippen molar-refractivity contribution in [1.29, 1.82) is 0 Å². The summed E-state index contributed by atoms with van der Waals surface area (Å²) < 4.78 is 13.5. The maximum absolute atomic E-state index is 13.5. The summed E-state index contributed by atoms with van der Waals surface area (Å²) in [4.78, 5) is 27.8. The first-order valence-corrected chi connectivity index (χ1v) is 10.5. The van der Waals surface area contributed by atoms with E-state index in [0.29, 0.717) is 22.0 Å². The maximum atomic E-state index is 13.5. The number of amides is 2. The lowest BCUT2D eigenvalue weighted by molar-refractivity contribution is -0.120. The van der Waals surface area contributed by atoms with Crippen molar-refractivity contribution in [3.8, 4) is 0 Å². The number of carbonyl (C=O) groups excluding carboxylic acids is 2. The van der Waals surface area contributed by atoms with Crippen molar-refractivity contribution < 1.29 is 14.0 Å². The molecule has 1 N–H and O–H groups in total. The monoisotopic (exact) mass is 448 g/mol. The molecule has 1 aliphatic heterocycles. The quantitative estimate of drug-likeness (QED) is 0.485. The smallest absolute Gasteiger partial charge is 0.282 e. The van der Waals surface area contributed by atoms with Crippen molar-refractivity contribution in [2.45, 2.75) is 26.2 Å². The Morgan fingerprint density at radius 3 is 2.12 bits per heavy atom. The molecule has 0 saturated carbocycles. The molecule has 162 valence electrons. The molecule has 2 amide bonds. The highest BCUT2D eigenvalue weighted by atomic mass is 35.5. The molecule has 1 heterocycles. The van der Waals surface area contributed by atoms with Crippen LogP contribution < -0.4 is 10.2 Å². The first-order valence-electron chi connectivity index (χ1n) is 10.2. The topological polar surface area (TPSA) is 49.4 Å². The third kappa shape index (κ3) is 4.16. The molecule has 0 saturated heterocycles. The molecule has 32 heavy (non-hydrogen) atoms. The third-order valence-corrected chi connectivity index (χ3v) is 5.54. The van der Waals surface area contributed by atoms with E-state index < -0.39 is 17.6 Å². The van der Waals surface area contributed by atoms with Gasteiger partial charge in [0.25, 0.3) is 11.8 Å². The summed E-state index contributed by atoms with van der Waals surface area (Å²) >= 11 is 6.09. The Morgan fingerprint density at radius 2 is 1.53 bits per heavy atom. The Bertz CT molecular complexity index is 1230. The molecule has 0 radical (unpaired) electrons. The van der Waals surface area contributed by atoms with Gasteiger partial charge in [-0.1, -0.05) is 62.7 Å². The van der Waals surface area contributed by atoms with Crippen LogP contribution in [0.1, 0.15) is 31.9 Å². The van der Waals surface area contributed by atoms with Crippen LogP contribution in [-0.4, -0.2) is 11.8 Å². The molecular formula is C26H22ClFN2O2. The Morgan fingerprint density at radius 1 is 0.875 bits per heavy atom. The van der Waals surface area contributed by atoms with Crippen molar-refractivity contribution in [2.75, 3.05) is 10.2 Å². The molecule has 3 aromatic rings. The van der Waals surface area contributed by atoms with Crippen LogP contribution in [0.2, 0.25) is 5.02 Å². The van der Waals surface area contributed by atoms with Gasteiger partial charge in [0.05, 0.1) is 11.3 Å². The lowest BCUT2D eigenvalue weighted by Crippen LogP contribution is -2.32. The van der Waals surface area contributed by atoms with E-state index in [1.807, 2.05) is 24.3 Å². The predicted molar refractivity (Wildman–Crippen MR) is 126 cm³/mol. The van der Waals surface area contributed by atoms with Gasteiger partial charge in [0.15, 0.2) is 0 Å². The van der Waals surface area contributed by atoms with Crippen LogP contribution in [0.15, 0.2) is 78.5 Å². The Hall–Kier alpha value is -3.44. The van der Waals surface area contributed by atoms with Crippen molar-refractivity contribution >= 4 is 40.4 Å². The number of nitrogens with zero attached hydrogens (tertiary/aromatic N) is 1. The van der Waals surface area contributed by atoms with Gasteiger partial charge in [0, 0.05) is 10.7 Å². The molecule has 4 nitrogen and oxygen atoms in total. The zero-order chi connectivity index (χ0) is 23.0. The lowest BCUT2D eigenvalue weighted by atomic mass is 9.87. The van der Waals surface area contributed by atoms with Gasteiger partial charge >= 0.3 is 0 Å². The zero-order valence-corrected chi connectivity index (χ0v) is 18.7. The second-order valence-electron chi connectivity index (χ2n) is 8.63. The van der Waals surface area contributed by atoms with E-state index in [2.05, 4.69) is 26.1 Å². The van der Waals surface area contributed by atoms with Gasteiger partial charge in [-0.2, -0.15) is 0 Å². The predicted octanol–water partition coefficient (Wildman–Crippen LogP) is 6.17. The molecule has 0 fully saturated rings. The second kappa shape index (κ2) is 8.24. The molecular weight excluding hydrogens is 427 g/mol. The van der Waals surface area contributed by atoms with Gasteiger partial charge in [0.2, 0.25) is 0 Å². The normalized spacial score (nSPS) is 14.3. The summed E-state index contributed by atoms with van der Waals surface area (Å²) in [6.07, 6.45) is 0. The van der Waals surface area contributed by atoms with E-state index in [1.165, 1.54) is 24.3 Å². The molecule has 0 atom stereocenters. The third-order valence-electron chi connectivity index (χ3n) is 5.30. The first-order chi connectivity index (χ1) is 15.1. The highest BCUT2D eigenvalue weighted by Gasteiger charge is 2.40. The SMILES string of the molecule is CC(C)(C)c1ccc(NC2=C(c3ccc(F)cc3)C(=O)N(c3cccc(Cl)c3)C2=O)cc1. The van der Waals surface area contributed by atoms with Crippen molar-refractivity contribution in [3.05, 3.63) is 100 Å². The number of imide groups is 1. The Labute approximate surface area is 191 Å². The second-order valence-corrected chi connectivity index (χ2v) is 9.07. The van der Waals surface area contributed by atoms with Crippen LogP contribution in [0.25, 0.3) is 5.57 Å². The summed E-state index contributed by atoms with van der Waals surface area (Å²) in [5, 5.41) is 3.53. The molecule has 0 aromatic heterocycles. The summed E-state index contributed by atoms with van der Waals surface area (Å²) in [7, 11) is 0. The van der Waals surface area contributed by atoms with Gasteiger partial charge in [0.1, 0.15) is 11.5 Å². The van der Waals surface area contributed by atoms with Crippen LogP contribution in [0, 0.1) is 5.82 Å². The fourth-order valence-corrected chi connectivity index (χ4v) is 3.76. The molecule has 0 aliphatic carbocycles. The number of hydrogen-bond donors (Lipinski definition) is 1. The van der Waals surface area contributed by atoms with Gasteiger partial charge in [-0.25, -0.2) is 9.29 Å². The van der Waals surface area contributed by atoms with E-state index in [-0.39, 0.29) is 16.7 Å². The molecule has 1 aliphatic rings. The van der Waals surface area contributed by atoms with E-state index in [0.717, 1.165) is 10.5 Å². The number of nitrogens with one attached hydrogen (secondary N) is 1. The van der Waals surface area contributed by atoms with Crippen molar-refractivity contribution in [1.82, 2.24) is 0 Å². The molecule has 0 bridgehead atoms. The van der Waals surface area contributed by atoms with Gasteiger partial charge in [-0.05, 0) is 59.0 Å². The summed E-state index contributed by atoms with van der Waals surface area (Å²) in [5.41, 5.74) is 2.92. The van der Waals surface area contributed by atoms with E-state index in [1.54, 1.807) is 24.3 Å². The van der Waals surface area contributed by atoms with Crippen LogP contribution in [0.3, 0.4) is 0 Å². The van der Waals surface area contributed by atoms with Crippen LogP contribution in [0.4, 0.5) is 15.8 Å². The van der Waals surface area contributed by atoms with Crippen LogP contribution >= 0.6 is 11.6 Å². The van der Waals surface area contributed by atoms with E-state index in [4.69, 9.17) is 11.6 Å². The summed E-state index contributed by atoms with van der Waals surface area (Å²) in [6.45, 7) is 6.35. The average molecular weight is 449 g/mol.